The van der Waals surface area contributed by atoms with Crippen molar-refractivity contribution >= 4 is 28.9 Å². The summed E-state index contributed by atoms with van der Waals surface area (Å²) in [5.41, 5.74) is 1.81. The molecule has 1 fully saturated rings. The number of hydrogen-bond donors (Lipinski definition) is 1. The summed E-state index contributed by atoms with van der Waals surface area (Å²) in [7, 11) is 0. The molecule has 5 rings (SSSR count). The highest BCUT2D eigenvalue weighted by Crippen LogP contribution is 2.34. The summed E-state index contributed by atoms with van der Waals surface area (Å²) in [5.74, 6) is -0.0580. The Kier molecular flexibility index (Phi) is 5.77. The maximum atomic E-state index is 13.6. The number of aliphatic hydroxyl groups is 1. The maximum Gasteiger partial charge on any atom is 0.283 e. The molecule has 1 saturated heterocycles. The normalized spacial score (nSPS) is 18.2. The molecule has 4 heterocycles. The number of aliphatic imine (C=N–C) groups is 1. The summed E-state index contributed by atoms with van der Waals surface area (Å²) < 4.78 is 43.3. The number of rotatable bonds is 5. The second kappa shape index (κ2) is 8.94. The minimum Gasteiger partial charge on any atom is -0.389 e. The molecule has 1 aliphatic heterocycles. The summed E-state index contributed by atoms with van der Waals surface area (Å²) in [4.78, 5) is 10.5. The van der Waals surface area contributed by atoms with Crippen LogP contribution in [0.3, 0.4) is 0 Å². The van der Waals surface area contributed by atoms with Gasteiger partial charge in [0, 0.05) is 30.4 Å². The van der Waals surface area contributed by atoms with Gasteiger partial charge in [0.2, 0.25) is 0 Å². The van der Waals surface area contributed by atoms with Gasteiger partial charge in [-0.25, -0.2) is 22.8 Å². The van der Waals surface area contributed by atoms with Crippen molar-refractivity contribution in [3.63, 3.8) is 0 Å². The van der Waals surface area contributed by atoms with E-state index >= 15 is 0 Å². The van der Waals surface area contributed by atoms with Crippen LogP contribution in [0.4, 0.5) is 19.0 Å². The van der Waals surface area contributed by atoms with E-state index < -0.39 is 24.0 Å². The standard InChI is InChI=1S/C24H19F3N8O/c1-3-29-20-7-16(34-10-15(25)9-30-34)5-4-14(20)6-18-13(2)31-23-19(8-28)21(22(26)27)32-35(23)24(18)33-11-17(36)12-33/h3-7,9-10,17,22,36H,1,11-12H2,2H3/b14-6+,29-20?. The zero-order valence-corrected chi connectivity index (χ0v) is 19.0. The first-order chi connectivity index (χ1) is 17.3. The van der Waals surface area contributed by atoms with Crippen molar-refractivity contribution in [1.82, 2.24) is 24.4 Å². The minimum atomic E-state index is -2.96. The number of nitriles is 1. The quantitative estimate of drug-likeness (QED) is 0.585. The molecule has 0 atom stereocenters. The average molecular weight is 492 g/mol. The number of fused-ring (bicyclic) bond motifs is 1. The number of aryl methyl sites for hydroxylation is 1. The molecular weight excluding hydrogens is 473 g/mol. The molecule has 0 saturated carbocycles. The van der Waals surface area contributed by atoms with Crippen LogP contribution in [0.1, 0.15) is 28.9 Å². The Morgan fingerprint density at radius 2 is 2.11 bits per heavy atom. The number of halogens is 3. The molecule has 0 unspecified atom stereocenters. The zero-order chi connectivity index (χ0) is 25.6. The van der Waals surface area contributed by atoms with Gasteiger partial charge in [-0.05, 0) is 25.2 Å². The van der Waals surface area contributed by atoms with Crippen molar-refractivity contribution in [2.24, 2.45) is 4.99 Å². The molecule has 9 nitrogen and oxygen atoms in total. The second-order valence-corrected chi connectivity index (χ2v) is 8.20. The lowest BCUT2D eigenvalue weighted by Crippen LogP contribution is -2.52. The number of allylic oxidation sites excluding steroid dienone is 5. The van der Waals surface area contributed by atoms with E-state index in [9.17, 15) is 23.5 Å². The molecule has 0 aromatic carbocycles. The van der Waals surface area contributed by atoms with Gasteiger partial charge in [0.05, 0.1) is 35.6 Å². The average Bonchev–Trinajstić information content (AvgIpc) is 3.42. The van der Waals surface area contributed by atoms with Crippen molar-refractivity contribution < 1.29 is 18.3 Å². The van der Waals surface area contributed by atoms with Gasteiger partial charge < -0.3 is 10.0 Å². The van der Waals surface area contributed by atoms with Gasteiger partial charge in [0.1, 0.15) is 23.1 Å². The van der Waals surface area contributed by atoms with Crippen molar-refractivity contribution in [2.75, 3.05) is 18.0 Å². The Balaban J connectivity index is 1.69. The Labute approximate surface area is 203 Å². The van der Waals surface area contributed by atoms with Gasteiger partial charge in [-0.2, -0.15) is 20.0 Å². The van der Waals surface area contributed by atoms with Crippen LogP contribution in [-0.4, -0.2) is 54.4 Å². The number of aromatic nitrogens is 5. The summed E-state index contributed by atoms with van der Waals surface area (Å²) in [6, 6.07) is 1.79. The van der Waals surface area contributed by atoms with Crippen LogP contribution in [0.25, 0.3) is 17.4 Å². The first-order valence-electron chi connectivity index (χ1n) is 10.9. The molecule has 2 aliphatic rings. The smallest absolute Gasteiger partial charge is 0.283 e. The summed E-state index contributed by atoms with van der Waals surface area (Å²) in [5, 5.41) is 27.4. The van der Waals surface area contributed by atoms with E-state index in [1.54, 1.807) is 42.2 Å². The molecule has 1 N–H and O–H groups in total. The summed E-state index contributed by atoms with van der Waals surface area (Å²) in [6.07, 6.45) is 7.10. The molecule has 12 heteroatoms. The Morgan fingerprint density at radius 3 is 2.72 bits per heavy atom. The number of anilines is 1. The minimum absolute atomic E-state index is 0.0194. The molecule has 0 radical (unpaired) electrons. The third-order valence-corrected chi connectivity index (χ3v) is 5.83. The van der Waals surface area contributed by atoms with Crippen LogP contribution in [-0.2, 0) is 0 Å². The lowest BCUT2D eigenvalue weighted by Gasteiger charge is -2.38. The summed E-state index contributed by atoms with van der Waals surface area (Å²) >= 11 is 0. The first kappa shape index (κ1) is 23.3. The lowest BCUT2D eigenvalue weighted by atomic mass is 9.99. The van der Waals surface area contributed by atoms with Gasteiger partial charge in [-0.1, -0.05) is 12.7 Å². The molecule has 0 bridgehead atoms. The highest BCUT2D eigenvalue weighted by molar-refractivity contribution is 6.18. The van der Waals surface area contributed by atoms with E-state index in [1.165, 1.54) is 21.6 Å². The predicted octanol–water partition coefficient (Wildman–Crippen LogP) is 3.44. The highest BCUT2D eigenvalue weighted by atomic mass is 19.3. The van der Waals surface area contributed by atoms with Crippen molar-refractivity contribution in [2.45, 2.75) is 19.5 Å². The molecule has 0 spiro atoms. The molecule has 1 aliphatic carbocycles. The Hall–Kier alpha value is -4.50. The molecule has 36 heavy (non-hydrogen) atoms. The van der Waals surface area contributed by atoms with E-state index in [0.29, 0.717) is 34.1 Å². The SMILES string of the molecule is C=CN=C1C=C(n2cc(F)cn2)C=C/C1=C\c1c(C)nc2c(C#N)c(C(F)F)nn2c1N1CC(O)C1. The van der Waals surface area contributed by atoms with E-state index in [1.807, 2.05) is 0 Å². The van der Waals surface area contributed by atoms with Crippen LogP contribution in [0, 0.1) is 24.1 Å². The van der Waals surface area contributed by atoms with Crippen LogP contribution in [0.2, 0.25) is 0 Å². The Morgan fingerprint density at radius 1 is 1.33 bits per heavy atom. The number of hydrogen-bond acceptors (Lipinski definition) is 7. The third kappa shape index (κ3) is 3.89. The monoisotopic (exact) mass is 492 g/mol. The highest BCUT2D eigenvalue weighted by Gasteiger charge is 2.32. The Bertz CT molecular complexity index is 1550. The largest absolute Gasteiger partial charge is 0.389 e. The van der Waals surface area contributed by atoms with E-state index in [4.69, 9.17) is 0 Å². The van der Waals surface area contributed by atoms with E-state index in [-0.39, 0.29) is 24.3 Å². The van der Waals surface area contributed by atoms with Crippen molar-refractivity contribution in [3.05, 3.63) is 77.3 Å². The van der Waals surface area contributed by atoms with E-state index in [0.717, 1.165) is 6.20 Å². The van der Waals surface area contributed by atoms with Crippen LogP contribution >= 0.6 is 0 Å². The number of alkyl halides is 2. The zero-order valence-electron chi connectivity index (χ0n) is 19.0. The maximum absolute atomic E-state index is 13.6. The summed E-state index contributed by atoms with van der Waals surface area (Å²) in [6.45, 7) is 5.88. The van der Waals surface area contributed by atoms with Gasteiger partial charge >= 0.3 is 0 Å². The first-order valence-corrected chi connectivity index (χ1v) is 10.9. The van der Waals surface area contributed by atoms with Crippen LogP contribution < -0.4 is 4.90 Å². The topological polar surface area (TPSA) is 108 Å². The molecule has 3 aromatic rings. The lowest BCUT2D eigenvalue weighted by molar-refractivity contribution is 0.139. The third-order valence-electron chi connectivity index (χ3n) is 5.83. The molecule has 3 aromatic heterocycles. The van der Waals surface area contributed by atoms with Crippen LogP contribution in [0.5, 0.6) is 0 Å². The van der Waals surface area contributed by atoms with Crippen molar-refractivity contribution in [1.29, 1.82) is 5.26 Å². The van der Waals surface area contributed by atoms with Gasteiger partial charge in [0.25, 0.3) is 6.43 Å². The fourth-order valence-corrected chi connectivity index (χ4v) is 4.14. The molecule has 0 amide bonds. The number of β-amino-alcohol motifs (C(OH)–C–C–N with tert-alkyl or cyclic N) is 1. The van der Waals surface area contributed by atoms with Gasteiger partial charge in [-0.3, -0.25) is 4.99 Å². The molecular formula is C24H19F3N8O. The fourth-order valence-electron chi connectivity index (χ4n) is 4.14. The van der Waals surface area contributed by atoms with E-state index in [2.05, 4.69) is 26.8 Å². The fraction of sp³-hybridized carbons (Fsp3) is 0.208. The van der Waals surface area contributed by atoms with Crippen molar-refractivity contribution in [3.8, 4) is 6.07 Å². The number of aliphatic hydroxyl groups excluding tert-OH is 1. The van der Waals surface area contributed by atoms with Crippen LogP contribution in [0.15, 0.2) is 54.0 Å². The second-order valence-electron chi connectivity index (χ2n) is 8.20. The number of nitrogens with zero attached hydrogens (tertiary/aromatic N) is 8. The molecule has 182 valence electrons. The predicted molar refractivity (Wildman–Crippen MR) is 127 cm³/mol. The van der Waals surface area contributed by atoms with Gasteiger partial charge in [-0.15, -0.1) is 0 Å². The van der Waals surface area contributed by atoms with Gasteiger partial charge in [0.15, 0.2) is 11.5 Å².